The van der Waals surface area contributed by atoms with Crippen molar-refractivity contribution in [2.45, 2.75) is 38.0 Å². The van der Waals surface area contributed by atoms with E-state index in [-0.39, 0.29) is 22.9 Å². The molecular weight excluding hydrogens is 412 g/mol. The zero-order chi connectivity index (χ0) is 20.0. The third-order valence-corrected chi connectivity index (χ3v) is 5.33. The van der Waals surface area contributed by atoms with Crippen LogP contribution in [-0.2, 0) is 19.8 Å². The van der Waals surface area contributed by atoms with Crippen molar-refractivity contribution in [3.8, 4) is 0 Å². The summed E-state index contributed by atoms with van der Waals surface area (Å²) >= 11 is 3.41. The van der Waals surface area contributed by atoms with E-state index in [1.54, 1.807) is 12.1 Å². The number of halogens is 1. The smallest absolute Gasteiger partial charge is 0.372 e. The Kier molecular flexibility index (Phi) is 7.16. The molecule has 0 bridgehead atoms. The highest BCUT2D eigenvalue weighted by Crippen LogP contribution is 2.34. The third-order valence-electron chi connectivity index (χ3n) is 4.80. The quantitative estimate of drug-likeness (QED) is 0.373. The number of carbonyl (C=O) groups excluding carboxylic acids is 2. The number of carbonyl (C=O) groups is 2. The molecule has 0 aliphatic carbocycles. The van der Waals surface area contributed by atoms with Crippen molar-refractivity contribution in [1.82, 2.24) is 0 Å². The molecule has 6 heteroatoms. The fourth-order valence-corrected chi connectivity index (χ4v) is 3.28. The van der Waals surface area contributed by atoms with Crippen molar-refractivity contribution in [2.24, 2.45) is 0 Å². The van der Waals surface area contributed by atoms with E-state index in [9.17, 15) is 9.59 Å². The van der Waals surface area contributed by atoms with Crippen LogP contribution in [0.2, 0.25) is 0 Å². The molecule has 0 aliphatic rings. The molecule has 5 nitrogen and oxygen atoms in total. The average Bonchev–Trinajstić information content (AvgIpc) is 2.68. The summed E-state index contributed by atoms with van der Waals surface area (Å²) in [6.07, 6.45) is 1.37. The van der Waals surface area contributed by atoms with Crippen LogP contribution in [0.1, 0.15) is 54.1 Å². The number of benzene rings is 2. The first-order valence-electron chi connectivity index (χ1n) is 8.58. The first-order valence-corrected chi connectivity index (χ1v) is 9.37. The second-order valence-electron chi connectivity index (χ2n) is 7.01. The van der Waals surface area contributed by atoms with Gasteiger partial charge in [-0.05, 0) is 53.6 Å². The minimum absolute atomic E-state index is 0.219. The van der Waals surface area contributed by atoms with E-state index in [1.165, 1.54) is 7.11 Å². The zero-order valence-electron chi connectivity index (χ0n) is 15.6. The summed E-state index contributed by atoms with van der Waals surface area (Å²) in [4.78, 5) is 27.4. The van der Waals surface area contributed by atoms with Gasteiger partial charge in [-0.1, -0.05) is 54.0 Å². The Hall–Kier alpha value is -2.18. The molecule has 0 aromatic heterocycles. The number of hydrogen-bond acceptors (Lipinski definition) is 5. The van der Waals surface area contributed by atoms with Crippen LogP contribution < -0.4 is 0 Å². The van der Waals surface area contributed by atoms with Crippen LogP contribution in [-0.4, -0.2) is 24.3 Å². The molecule has 0 amide bonds. The van der Waals surface area contributed by atoms with Crippen molar-refractivity contribution >= 4 is 27.9 Å². The number of hydrogen-bond donors (Lipinski definition) is 1. The zero-order valence-corrected chi connectivity index (χ0v) is 17.2. The number of rotatable bonds is 7. The average molecular weight is 435 g/mol. The van der Waals surface area contributed by atoms with E-state index in [0.717, 1.165) is 22.0 Å². The van der Waals surface area contributed by atoms with Gasteiger partial charge < -0.3 is 4.74 Å². The molecule has 0 fully saturated rings. The largest absolute Gasteiger partial charge is 0.469 e. The van der Waals surface area contributed by atoms with Crippen molar-refractivity contribution in [3.05, 3.63) is 69.7 Å². The van der Waals surface area contributed by atoms with Gasteiger partial charge in [0.1, 0.15) is 0 Å². The Morgan fingerprint density at radius 2 is 1.67 bits per heavy atom. The second kappa shape index (κ2) is 9.15. The summed E-state index contributed by atoms with van der Waals surface area (Å²) in [7, 11) is 1.40. The Morgan fingerprint density at radius 3 is 2.19 bits per heavy atom. The topological polar surface area (TPSA) is 72.8 Å². The maximum Gasteiger partial charge on any atom is 0.372 e. The monoisotopic (exact) mass is 434 g/mol. The SMILES string of the molecule is COC(=O)C(CCC(C)(C)c1ccc(C(=O)OO)cc1)c1ccc(Br)cc1. The Balaban J connectivity index is 2.15. The molecule has 0 saturated heterocycles. The highest BCUT2D eigenvalue weighted by molar-refractivity contribution is 9.10. The van der Waals surface area contributed by atoms with Crippen molar-refractivity contribution in [3.63, 3.8) is 0 Å². The van der Waals surface area contributed by atoms with Crippen LogP contribution >= 0.6 is 15.9 Å². The van der Waals surface area contributed by atoms with Crippen molar-refractivity contribution in [2.75, 3.05) is 7.11 Å². The van der Waals surface area contributed by atoms with E-state index >= 15 is 0 Å². The summed E-state index contributed by atoms with van der Waals surface area (Å²) in [5.41, 5.74) is 2.00. The first-order chi connectivity index (χ1) is 12.8. The van der Waals surface area contributed by atoms with Crippen molar-refractivity contribution < 1.29 is 24.5 Å². The fraction of sp³-hybridized carbons (Fsp3) is 0.333. The van der Waals surface area contributed by atoms with Gasteiger partial charge in [-0.25, -0.2) is 4.79 Å². The molecule has 2 aromatic carbocycles. The van der Waals surface area contributed by atoms with Crippen LogP contribution in [0, 0.1) is 0 Å². The number of ether oxygens (including phenoxy) is 1. The molecule has 0 spiro atoms. The summed E-state index contributed by atoms with van der Waals surface area (Å²) in [5, 5.41) is 8.47. The van der Waals surface area contributed by atoms with Crippen LogP contribution in [0.3, 0.4) is 0 Å². The lowest BCUT2D eigenvalue weighted by molar-refractivity contribution is -0.182. The molecule has 1 unspecified atom stereocenters. The maximum absolute atomic E-state index is 12.3. The van der Waals surface area contributed by atoms with E-state index in [1.807, 2.05) is 36.4 Å². The van der Waals surface area contributed by atoms with Crippen LogP contribution in [0.25, 0.3) is 0 Å². The minimum Gasteiger partial charge on any atom is -0.469 e. The van der Waals surface area contributed by atoms with Crippen LogP contribution in [0.15, 0.2) is 53.0 Å². The Bertz CT molecular complexity index is 781. The van der Waals surface area contributed by atoms with E-state index in [4.69, 9.17) is 9.99 Å². The molecular formula is C21H23BrO5. The van der Waals surface area contributed by atoms with E-state index in [2.05, 4.69) is 34.7 Å². The lowest BCUT2D eigenvalue weighted by Crippen LogP contribution is -2.22. The lowest BCUT2D eigenvalue weighted by atomic mass is 9.77. The van der Waals surface area contributed by atoms with E-state index < -0.39 is 5.97 Å². The van der Waals surface area contributed by atoms with Gasteiger partial charge in [0, 0.05) is 4.47 Å². The van der Waals surface area contributed by atoms with Gasteiger partial charge in [0.05, 0.1) is 18.6 Å². The second-order valence-corrected chi connectivity index (χ2v) is 7.92. The normalized spacial score (nSPS) is 12.3. The Labute approximate surface area is 167 Å². The molecule has 0 heterocycles. The van der Waals surface area contributed by atoms with Gasteiger partial charge in [0.25, 0.3) is 0 Å². The van der Waals surface area contributed by atoms with Gasteiger partial charge >= 0.3 is 11.9 Å². The molecule has 144 valence electrons. The predicted octanol–water partition coefficient (Wildman–Crippen LogP) is 5.09. The van der Waals surface area contributed by atoms with Gasteiger partial charge in [0.15, 0.2) is 0 Å². The van der Waals surface area contributed by atoms with Crippen molar-refractivity contribution in [1.29, 1.82) is 0 Å². The van der Waals surface area contributed by atoms with Gasteiger partial charge in [-0.2, -0.15) is 5.26 Å². The molecule has 0 saturated carbocycles. The van der Waals surface area contributed by atoms with E-state index in [0.29, 0.717) is 6.42 Å². The highest BCUT2D eigenvalue weighted by Gasteiger charge is 2.27. The van der Waals surface area contributed by atoms with Gasteiger partial charge in [-0.15, -0.1) is 0 Å². The number of methoxy groups -OCH3 is 1. The first kappa shape index (κ1) is 21.1. The highest BCUT2D eigenvalue weighted by atomic mass is 79.9. The summed E-state index contributed by atoms with van der Waals surface area (Å²) in [5.74, 6) is -1.39. The molecule has 2 aromatic rings. The lowest BCUT2D eigenvalue weighted by Gasteiger charge is -2.27. The summed E-state index contributed by atoms with van der Waals surface area (Å²) in [6, 6.07) is 14.6. The summed E-state index contributed by atoms with van der Waals surface area (Å²) in [6.45, 7) is 4.17. The molecule has 27 heavy (non-hydrogen) atoms. The van der Waals surface area contributed by atoms with Crippen LogP contribution in [0.5, 0.6) is 0 Å². The maximum atomic E-state index is 12.3. The molecule has 1 N–H and O–H groups in total. The minimum atomic E-state index is -0.791. The van der Waals surface area contributed by atoms with Crippen LogP contribution in [0.4, 0.5) is 0 Å². The summed E-state index contributed by atoms with van der Waals surface area (Å²) < 4.78 is 5.95. The van der Waals surface area contributed by atoms with Gasteiger partial charge in [0.2, 0.25) is 0 Å². The molecule has 0 aliphatic heterocycles. The molecule has 1 atom stereocenters. The number of esters is 1. The molecule has 0 radical (unpaired) electrons. The molecule has 2 rings (SSSR count). The standard InChI is InChI=1S/C21H23BrO5/c1-21(2,16-8-4-15(5-9-16)19(23)27-25)13-12-18(20(24)26-3)14-6-10-17(22)11-7-14/h4-11,18,25H,12-13H2,1-3H3. The predicted molar refractivity (Wildman–Crippen MR) is 106 cm³/mol. The third kappa shape index (κ3) is 5.40. The van der Waals surface area contributed by atoms with Gasteiger partial charge in [-0.3, -0.25) is 9.68 Å². The fourth-order valence-electron chi connectivity index (χ4n) is 3.02. The Morgan fingerprint density at radius 1 is 1.07 bits per heavy atom.